The van der Waals surface area contributed by atoms with Crippen molar-refractivity contribution in [2.75, 3.05) is 0 Å². The normalized spacial score (nSPS) is 8.50. The van der Waals surface area contributed by atoms with Crippen molar-refractivity contribution < 1.29 is 12.9 Å². The minimum absolute atomic E-state index is 0. The summed E-state index contributed by atoms with van der Waals surface area (Å²) in [6.45, 7) is 0. The molecule has 0 aliphatic carbocycles. The Morgan fingerprint density at radius 1 is 1.14 bits per heavy atom. The third kappa shape index (κ3) is 4.40. The summed E-state index contributed by atoms with van der Waals surface area (Å²) in [4.78, 5) is 7.07. The first-order valence-electron chi connectivity index (χ1n) is 3.50. The average Bonchev–Trinajstić information content (AvgIpc) is 2.49. The van der Waals surface area contributed by atoms with Crippen LogP contribution in [0, 0.1) is 0 Å². The first kappa shape index (κ1) is 13.1. The molecule has 0 unspecified atom stereocenters. The SMILES string of the molecule is FB(F)F.[Li].c1ccc2[nH]cnc2c1. The van der Waals surface area contributed by atoms with E-state index >= 15 is 0 Å². The van der Waals surface area contributed by atoms with E-state index in [4.69, 9.17) is 0 Å². The van der Waals surface area contributed by atoms with Crippen molar-refractivity contribution >= 4 is 37.4 Å². The van der Waals surface area contributed by atoms with Crippen molar-refractivity contribution in [3.05, 3.63) is 30.6 Å². The van der Waals surface area contributed by atoms with E-state index in [0.29, 0.717) is 0 Å². The number of nitrogens with one attached hydrogen (secondary N) is 1. The smallest absolute Gasteiger partial charge is 0.345 e. The molecule has 1 heterocycles. The molecule has 7 heteroatoms. The van der Waals surface area contributed by atoms with Gasteiger partial charge in [-0.05, 0) is 12.1 Å². The zero-order valence-electron chi connectivity index (χ0n) is 7.55. The topological polar surface area (TPSA) is 28.7 Å². The first-order valence-corrected chi connectivity index (χ1v) is 3.50. The number of nitrogens with zero attached hydrogens (tertiary/aromatic N) is 1. The van der Waals surface area contributed by atoms with Crippen molar-refractivity contribution in [1.29, 1.82) is 0 Å². The fourth-order valence-electron chi connectivity index (χ4n) is 0.880. The molecule has 1 aromatic carbocycles. The Labute approximate surface area is 91.3 Å². The molecule has 0 saturated carbocycles. The average molecular weight is 193 g/mol. The molecule has 2 rings (SSSR count). The molecule has 0 atom stereocenters. The second kappa shape index (κ2) is 6.57. The summed E-state index contributed by atoms with van der Waals surface area (Å²) >= 11 is 0. The number of imidazole rings is 1. The number of aromatic nitrogens is 2. The minimum atomic E-state index is -3.67. The quantitative estimate of drug-likeness (QED) is 0.637. The number of aromatic amines is 1. The van der Waals surface area contributed by atoms with E-state index in [0.717, 1.165) is 11.0 Å². The molecule has 2 nitrogen and oxygen atoms in total. The molecule has 0 aliphatic rings. The van der Waals surface area contributed by atoms with Crippen molar-refractivity contribution in [3.63, 3.8) is 0 Å². The van der Waals surface area contributed by atoms with Crippen molar-refractivity contribution in [1.82, 2.24) is 9.97 Å². The maximum absolute atomic E-state index is 9.67. The number of halogens is 3. The van der Waals surface area contributed by atoms with Crippen LogP contribution in [0.2, 0.25) is 0 Å². The van der Waals surface area contributed by atoms with Crippen LogP contribution in [0.4, 0.5) is 12.9 Å². The van der Waals surface area contributed by atoms with Gasteiger partial charge in [0.05, 0.1) is 17.4 Å². The summed E-state index contributed by atoms with van der Waals surface area (Å²) in [6.07, 6.45) is 1.70. The summed E-state index contributed by atoms with van der Waals surface area (Å²) in [5.74, 6) is 0. The van der Waals surface area contributed by atoms with Gasteiger partial charge < -0.3 is 4.98 Å². The van der Waals surface area contributed by atoms with Gasteiger partial charge in [0, 0.05) is 18.9 Å². The van der Waals surface area contributed by atoms with E-state index in [9.17, 15) is 12.9 Å². The molecule has 0 bridgehead atoms. The largest absolute Gasteiger partial charge is 0.762 e. The molecule has 0 amide bonds. The molecule has 14 heavy (non-hydrogen) atoms. The Morgan fingerprint density at radius 2 is 1.71 bits per heavy atom. The van der Waals surface area contributed by atoms with Crippen LogP contribution in [-0.2, 0) is 0 Å². The molecule has 1 N–H and O–H groups in total. The predicted molar refractivity (Wildman–Crippen MR) is 50.9 cm³/mol. The minimum Gasteiger partial charge on any atom is -0.345 e. The molecule has 0 spiro atoms. The van der Waals surface area contributed by atoms with Gasteiger partial charge in [-0.3, -0.25) is 12.9 Å². The van der Waals surface area contributed by atoms with Gasteiger partial charge in [-0.15, -0.1) is 0 Å². The van der Waals surface area contributed by atoms with E-state index in [1.807, 2.05) is 24.3 Å². The van der Waals surface area contributed by atoms with Crippen LogP contribution in [0.15, 0.2) is 30.6 Å². The van der Waals surface area contributed by atoms with E-state index in [1.165, 1.54) is 0 Å². The molecule has 0 aliphatic heterocycles. The molecule has 2 aromatic rings. The number of benzene rings is 1. The molecule has 69 valence electrons. The van der Waals surface area contributed by atoms with E-state index < -0.39 is 7.54 Å². The number of hydrogen-bond donors (Lipinski definition) is 1. The van der Waals surface area contributed by atoms with Gasteiger partial charge in [0.2, 0.25) is 0 Å². The van der Waals surface area contributed by atoms with Gasteiger partial charge >= 0.3 is 7.54 Å². The number of fused-ring (bicyclic) bond motifs is 1. The summed E-state index contributed by atoms with van der Waals surface area (Å²) in [6, 6.07) is 7.94. The van der Waals surface area contributed by atoms with Crippen LogP contribution < -0.4 is 0 Å². The van der Waals surface area contributed by atoms with Gasteiger partial charge in [-0.25, -0.2) is 4.98 Å². The van der Waals surface area contributed by atoms with E-state index in [1.54, 1.807) is 6.33 Å². The fraction of sp³-hybridized carbons (Fsp3) is 0. The molecule has 1 radical (unpaired) electrons. The maximum atomic E-state index is 9.67. The Bertz CT molecular complexity index is 335. The van der Waals surface area contributed by atoms with Crippen molar-refractivity contribution in [2.45, 2.75) is 0 Å². The number of para-hydroxylation sites is 2. The number of hydrogen-bond acceptors (Lipinski definition) is 1. The molecular formula is C7H6BF3LiN2. The molecule has 1 aromatic heterocycles. The van der Waals surface area contributed by atoms with Gasteiger partial charge in [-0.2, -0.15) is 0 Å². The summed E-state index contributed by atoms with van der Waals surface area (Å²) < 4.78 is 29.0. The van der Waals surface area contributed by atoms with Crippen LogP contribution in [0.5, 0.6) is 0 Å². The van der Waals surface area contributed by atoms with Gasteiger partial charge in [0.15, 0.2) is 0 Å². The van der Waals surface area contributed by atoms with Crippen LogP contribution in [-0.4, -0.2) is 36.4 Å². The van der Waals surface area contributed by atoms with Crippen LogP contribution >= 0.6 is 0 Å². The first-order chi connectivity index (χ1) is 6.20. The zero-order chi connectivity index (χ0) is 9.68. The molecular weight excluding hydrogens is 187 g/mol. The Kier molecular flexibility index (Phi) is 6.17. The number of rotatable bonds is 0. The standard InChI is InChI=1S/C7H6N2.BF3.Li/c1-2-4-7-6(3-1)8-5-9-7;2-1(3)4;/h1-5H,(H,8,9);;. The van der Waals surface area contributed by atoms with Crippen molar-refractivity contribution in [2.24, 2.45) is 0 Å². The third-order valence-electron chi connectivity index (χ3n) is 1.33. The Morgan fingerprint density at radius 3 is 2.29 bits per heavy atom. The predicted octanol–water partition coefficient (Wildman–Crippen LogP) is 2.06. The summed E-state index contributed by atoms with van der Waals surface area (Å²) in [5.41, 5.74) is 2.12. The summed E-state index contributed by atoms with van der Waals surface area (Å²) in [5, 5.41) is 0. The summed E-state index contributed by atoms with van der Waals surface area (Å²) in [7, 11) is -3.67. The molecule has 0 saturated heterocycles. The Hall–Kier alpha value is -0.858. The zero-order valence-corrected chi connectivity index (χ0v) is 7.55. The third-order valence-corrected chi connectivity index (χ3v) is 1.33. The maximum Gasteiger partial charge on any atom is 0.762 e. The van der Waals surface area contributed by atoms with Crippen LogP contribution in [0.25, 0.3) is 11.0 Å². The second-order valence-corrected chi connectivity index (χ2v) is 2.17. The Balaban J connectivity index is 0.000000299. The van der Waals surface area contributed by atoms with Gasteiger partial charge in [-0.1, -0.05) is 12.1 Å². The number of H-pyrrole nitrogens is 1. The fourth-order valence-corrected chi connectivity index (χ4v) is 0.880. The van der Waals surface area contributed by atoms with E-state index in [2.05, 4.69) is 9.97 Å². The van der Waals surface area contributed by atoms with Crippen LogP contribution in [0.1, 0.15) is 0 Å². The molecule has 0 fully saturated rings. The monoisotopic (exact) mass is 193 g/mol. The van der Waals surface area contributed by atoms with Gasteiger partial charge in [0.25, 0.3) is 0 Å². The second-order valence-electron chi connectivity index (χ2n) is 2.17. The van der Waals surface area contributed by atoms with Crippen molar-refractivity contribution in [3.8, 4) is 0 Å². The van der Waals surface area contributed by atoms with Crippen LogP contribution in [0.3, 0.4) is 0 Å². The van der Waals surface area contributed by atoms with E-state index in [-0.39, 0.29) is 18.9 Å². The van der Waals surface area contributed by atoms with Gasteiger partial charge in [0.1, 0.15) is 0 Å².